The molecule has 0 saturated carbocycles. The lowest BCUT2D eigenvalue weighted by molar-refractivity contribution is -0.384. The molecule has 4 aromatic rings. The molecule has 0 saturated heterocycles. The highest BCUT2D eigenvalue weighted by Crippen LogP contribution is 2.22. The molecule has 1 amide bonds. The lowest BCUT2D eigenvalue weighted by atomic mass is 10.1. The van der Waals surface area contributed by atoms with Crippen molar-refractivity contribution in [1.29, 1.82) is 0 Å². The smallest absolute Gasteiger partial charge is 0.343 e. The number of nitro benzene ring substituents is 1. The van der Waals surface area contributed by atoms with E-state index >= 15 is 0 Å². The number of ether oxygens (including phenoxy) is 2. The third kappa shape index (κ3) is 8.04. The van der Waals surface area contributed by atoms with Crippen LogP contribution in [0.25, 0.3) is 6.08 Å². The summed E-state index contributed by atoms with van der Waals surface area (Å²) >= 11 is 3.31. The first kappa shape index (κ1) is 28.6. The number of amides is 1. The normalized spacial score (nSPS) is 10.9. The van der Waals surface area contributed by atoms with Crippen molar-refractivity contribution < 1.29 is 28.8 Å². The number of halogens is 1. The molecular weight excluding hydrogens is 594 g/mol. The monoisotopic (exact) mass is 613 g/mol. The van der Waals surface area contributed by atoms with Crippen molar-refractivity contribution in [3.05, 3.63) is 140 Å². The first-order chi connectivity index (χ1) is 19.8. The molecular formula is C30H20BrN3O7. The number of para-hydroxylation sites is 2. The Kier molecular flexibility index (Phi) is 9.47. The third-order valence-corrected chi connectivity index (χ3v) is 5.97. The van der Waals surface area contributed by atoms with Gasteiger partial charge in [0.1, 0.15) is 11.5 Å². The molecule has 0 aliphatic carbocycles. The van der Waals surface area contributed by atoms with Crippen LogP contribution in [-0.4, -0.2) is 29.0 Å². The minimum absolute atomic E-state index is 0.125. The second kappa shape index (κ2) is 13.6. The van der Waals surface area contributed by atoms with Crippen molar-refractivity contribution in [1.82, 2.24) is 5.43 Å². The summed E-state index contributed by atoms with van der Waals surface area (Å²) in [7, 11) is 0. The van der Waals surface area contributed by atoms with Gasteiger partial charge in [-0.2, -0.15) is 5.10 Å². The summed E-state index contributed by atoms with van der Waals surface area (Å²) in [5.41, 5.74) is 3.69. The number of rotatable bonds is 9. The predicted octanol–water partition coefficient (Wildman–Crippen LogP) is 5.96. The van der Waals surface area contributed by atoms with E-state index in [-0.39, 0.29) is 22.7 Å². The van der Waals surface area contributed by atoms with Gasteiger partial charge in [0.2, 0.25) is 0 Å². The molecule has 204 valence electrons. The Bertz CT molecular complexity index is 1650. The maximum absolute atomic E-state index is 12.6. The van der Waals surface area contributed by atoms with Gasteiger partial charge in [0.05, 0.1) is 16.7 Å². The summed E-state index contributed by atoms with van der Waals surface area (Å²) in [6, 6.07) is 24.9. The fourth-order valence-electron chi connectivity index (χ4n) is 3.40. The van der Waals surface area contributed by atoms with Gasteiger partial charge < -0.3 is 9.47 Å². The number of hydrazone groups is 1. The molecule has 0 radical (unpaired) electrons. The number of carbonyl (C=O) groups excluding carboxylic acids is 3. The zero-order valence-corrected chi connectivity index (χ0v) is 22.7. The molecule has 1 N–H and O–H groups in total. The number of hydrogen-bond donors (Lipinski definition) is 1. The minimum atomic E-state index is -0.719. The van der Waals surface area contributed by atoms with E-state index in [0.29, 0.717) is 16.7 Å². The number of nitro groups is 1. The molecule has 0 heterocycles. The lowest BCUT2D eigenvalue weighted by Gasteiger charge is -2.08. The number of benzene rings is 4. The quantitative estimate of drug-likeness (QED) is 0.0614. The number of nitrogens with one attached hydrogen (secondary N) is 1. The summed E-state index contributed by atoms with van der Waals surface area (Å²) in [6.07, 6.45) is 3.95. The van der Waals surface area contributed by atoms with E-state index in [1.165, 1.54) is 42.6 Å². The summed E-state index contributed by atoms with van der Waals surface area (Å²) in [5, 5.41) is 14.8. The first-order valence-electron chi connectivity index (χ1n) is 11.9. The molecule has 4 rings (SSSR count). The number of carbonyl (C=O) groups is 3. The van der Waals surface area contributed by atoms with E-state index in [1.54, 1.807) is 72.8 Å². The van der Waals surface area contributed by atoms with Crippen molar-refractivity contribution in [3.63, 3.8) is 0 Å². The first-order valence-corrected chi connectivity index (χ1v) is 12.7. The van der Waals surface area contributed by atoms with Gasteiger partial charge in [0, 0.05) is 39.4 Å². The average molecular weight is 614 g/mol. The SMILES string of the molecule is O=C(/C=C/c1ccccc1OC(=O)c1ccc([N+](=O)[O-])cc1)Oc1ccccc1/C=N/NC(=O)c1ccc(Br)cc1. The Balaban J connectivity index is 1.40. The summed E-state index contributed by atoms with van der Waals surface area (Å²) in [6.45, 7) is 0. The lowest BCUT2D eigenvalue weighted by Crippen LogP contribution is -2.17. The Labute approximate surface area is 242 Å². The van der Waals surface area contributed by atoms with Gasteiger partial charge in [-0.05, 0) is 60.7 Å². The molecule has 41 heavy (non-hydrogen) atoms. The van der Waals surface area contributed by atoms with Crippen molar-refractivity contribution >= 4 is 51.8 Å². The summed E-state index contributed by atoms with van der Waals surface area (Å²) < 4.78 is 11.7. The third-order valence-electron chi connectivity index (χ3n) is 5.44. The molecule has 0 spiro atoms. The van der Waals surface area contributed by atoms with E-state index in [2.05, 4.69) is 26.5 Å². The molecule has 0 atom stereocenters. The molecule has 0 unspecified atom stereocenters. The van der Waals surface area contributed by atoms with Crippen LogP contribution in [0.5, 0.6) is 11.5 Å². The molecule has 0 fully saturated rings. The van der Waals surface area contributed by atoms with Crippen molar-refractivity contribution in [2.75, 3.05) is 0 Å². The molecule has 4 aromatic carbocycles. The maximum Gasteiger partial charge on any atom is 0.343 e. The second-order valence-electron chi connectivity index (χ2n) is 8.23. The van der Waals surface area contributed by atoms with Crippen LogP contribution in [0, 0.1) is 10.1 Å². The van der Waals surface area contributed by atoms with Crippen LogP contribution >= 0.6 is 15.9 Å². The van der Waals surface area contributed by atoms with Crippen LogP contribution in [0.15, 0.2) is 113 Å². The van der Waals surface area contributed by atoms with E-state index < -0.39 is 22.8 Å². The topological polar surface area (TPSA) is 137 Å². The van der Waals surface area contributed by atoms with Crippen LogP contribution in [0.3, 0.4) is 0 Å². The summed E-state index contributed by atoms with van der Waals surface area (Å²) in [4.78, 5) is 47.6. The fourth-order valence-corrected chi connectivity index (χ4v) is 3.66. The Morgan fingerprint density at radius 1 is 0.780 bits per heavy atom. The Morgan fingerprint density at radius 3 is 2.02 bits per heavy atom. The number of hydrogen-bond acceptors (Lipinski definition) is 8. The fraction of sp³-hybridized carbons (Fsp3) is 0. The minimum Gasteiger partial charge on any atom is -0.423 e. The van der Waals surface area contributed by atoms with Gasteiger partial charge in [0.25, 0.3) is 11.6 Å². The van der Waals surface area contributed by atoms with Crippen LogP contribution in [0.1, 0.15) is 31.8 Å². The predicted molar refractivity (Wildman–Crippen MR) is 155 cm³/mol. The van der Waals surface area contributed by atoms with E-state index in [9.17, 15) is 24.5 Å². The highest BCUT2D eigenvalue weighted by Gasteiger charge is 2.13. The van der Waals surface area contributed by atoms with Crippen LogP contribution < -0.4 is 14.9 Å². The van der Waals surface area contributed by atoms with Gasteiger partial charge >= 0.3 is 11.9 Å². The van der Waals surface area contributed by atoms with Crippen molar-refractivity contribution in [3.8, 4) is 11.5 Å². The molecule has 0 aliphatic heterocycles. The number of nitrogens with zero attached hydrogens (tertiary/aromatic N) is 2. The van der Waals surface area contributed by atoms with Crippen LogP contribution in [0.2, 0.25) is 0 Å². The molecule has 10 nitrogen and oxygen atoms in total. The van der Waals surface area contributed by atoms with Crippen molar-refractivity contribution in [2.45, 2.75) is 0 Å². The van der Waals surface area contributed by atoms with Crippen LogP contribution in [0.4, 0.5) is 5.69 Å². The standard InChI is InChI=1S/C30H20BrN3O7/c31-24-14-9-21(10-15-24)29(36)33-32-19-23-6-2-4-8-27(23)40-28(35)18-13-20-5-1-3-7-26(20)41-30(37)22-11-16-25(17-12-22)34(38)39/h1-19H,(H,33,36)/b18-13+,32-19+. The van der Waals surface area contributed by atoms with E-state index in [4.69, 9.17) is 9.47 Å². The highest BCUT2D eigenvalue weighted by molar-refractivity contribution is 9.10. The van der Waals surface area contributed by atoms with E-state index in [1.807, 2.05) is 0 Å². The van der Waals surface area contributed by atoms with Gasteiger partial charge in [-0.3, -0.25) is 14.9 Å². The largest absolute Gasteiger partial charge is 0.423 e. The number of non-ortho nitro benzene ring substituents is 1. The number of esters is 2. The van der Waals surface area contributed by atoms with E-state index in [0.717, 1.165) is 4.47 Å². The Hall–Kier alpha value is -5.42. The average Bonchev–Trinajstić information content (AvgIpc) is 2.98. The zero-order chi connectivity index (χ0) is 29.2. The van der Waals surface area contributed by atoms with Gasteiger partial charge in [-0.15, -0.1) is 0 Å². The van der Waals surface area contributed by atoms with Crippen molar-refractivity contribution in [2.24, 2.45) is 5.10 Å². The van der Waals surface area contributed by atoms with Gasteiger partial charge in [-0.1, -0.05) is 46.3 Å². The molecule has 11 heteroatoms. The molecule has 0 bridgehead atoms. The van der Waals surface area contributed by atoms with Gasteiger partial charge in [0.15, 0.2) is 0 Å². The zero-order valence-electron chi connectivity index (χ0n) is 21.1. The summed E-state index contributed by atoms with van der Waals surface area (Å²) in [5.74, 6) is -1.44. The second-order valence-corrected chi connectivity index (χ2v) is 9.15. The molecule has 0 aliphatic rings. The molecule has 0 aromatic heterocycles. The highest BCUT2D eigenvalue weighted by atomic mass is 79.9. The van der Waals surface area contributed by atoms with Gasteiger partial charge in [-0.25, -0.2) is 15.0 Å². The maximum atomic E-state index is 12.6. The Morgan fingerprint density at radius 2 is 1.37 bits per heavy atom. The van der Waals surface area contributed by atoms with Crippen LogP contribution in [-0.2, 0) is 4.79 Å².